The van der Waals surface area contributed by atoms with Gasteiger partial charge >= 0.3 is 12.3 Å². The Balaban J connectivity index is 2.35. The maximum atomic E-state index is 12.9. The number of hydrogen-bond donors (Lipinski definition) is 2. The van der Waals surface area contributed by atoms with Gasteiger partial charge in [-0.3, -0.25) is 0 Å². The fraction of sp³-hybridized carbons (Fsp3) is 0.615. The van der Waals surface area contributed by atoms with Crippen LogP contribution in [0.3, 0.4) is 0 Å². The Morgan fingerprint density at radius 2 is 2.04 bits per heavy atom. The number of carbonyl (C=O) groups is 1. The monoisotopic (exact) mass is 334 g/mol. The molecule has 0 radical (unpaired) electrons. The van der Waals surface area contributed by atoms with Crippen molar-refractivity contribution in [1.82, 2.24) is 14.9 Å². The number of anilines is 1. The Kier molecular flexibility index (Phi) is 4.53. The summed E-state index contributed by atoms with van der Waals surface area (Å²) in [5, 5.41) is 18.4. The quantitative estimate of drug-likeness (QED) is 0.860. The standard InChI is InChI=1S/C13H17F3N4O3/c1-7(2)8-6-19(12(22)23)3-4-20(8)11-17-5-9(21)10(18-11)13(14,15)16/h5,7-8,21H,3-4,6H2,1-2H3,(H,22,23). The normalized spacial score (nSPS) is 19.3. The minimum Gasteiger partial charge on any atom is -0.504 e. The van der Waals surface area contributed by atoms with Crippen LogP contribution in [0.1, 0.15) is 19.5 Å². The molecule has 0 aliphatic carbocycles. The van der Waals surface area contributed by atoms with E-state index in [9.17, 15) is 23.1 Å². The van der Waals surface area contributed by atoms with E-state index in [0.29, 0.717) is 6.20 Å². The second-order valence-corrected chi connectivity index (χ2v) is 5.63. The molecule has 2 rings (SSSR count). The average Bonchev–Trinajstić information content (AvgIpc) is 2.45. The summed E-state index contributed by atoms with van der Waals surface area (Å²) in [6.45, 7) is 4.15. The van der Waals surface area contributed by atoms with Crippen LogP contribution in [0.25, 0.3) is 0 Å². The van der Waals surface area contributed by atoms with Crippen molar-refractivity contribution in [2.75, 3.05) is 24.5 Å². The summed E-state index contributed by atoms with van der Waals surface area (Å²) in [6, 6.07) is -0.356. The summed E-state index contributed by atoms with van der Waals surface area (Å²) in [5.41, 5.74) is -1.40. The van der Waals surface area contributed by atoms with E-state index >= 15 is 0 Å². The van der Waals surface area contributed by atoms with Crippen LogP contribution in [0, 0.1) is 5.92 Å². The third kappa shape index (κ3) is 3.57. The molecule has 2 N–H and O–H groups in total. The lowest BCUT2D eigenvalue weighted by Gasteiger charge is -2.42. The van der Waals surface area contributed by atoms with Crippen LogP contribution in [0.2, 0.25) is 0 Å². The minimum absolute atomic E-state index is 0.0242. The summed E-state index contributed by atoms with van der Waals surface area (Å²) >= 11 is 0. The highest BCUT2D eigenvalue weighted by molar-refractivity contribution is 5.65. The van der Waals surface area contributed by atoms with Crippen LogP contribution in [-0.4, -0.2) is 56.9 Å². The number of hydrogen-bond acceptors (Lipinski definition) is 5. The van der Waals surface area contributed by atoms with Crippen molar-refractivity contribution < 1.29 is 28.2 Å². The fourth-order valence-electron chi connectivity index (χ4n) is 2.52. The van der Waals surface area contributed by atoms with Crippen LogP contribution in [0.5, 0.6) is 5.75 Å². The van der Waals surface area contributed by atoms with Gasteiger partial charge in [0.2, 0.25) is 5.95 Å². The Morgan fingerprint density at radius 1 is 1.39 bits per heavy atom. The summed E-state index contributed by atoms with van der Waals surface area (Å²) in [4.78, 5) is 21.1. The predicted octanol–water partition coefficient (Wildman–Crippen LogP) is 2.03. The molecule has 1 amide bonds. The number of halogens is 3. The molecule has 0 saturated carbocycles. The topological polar surface area (TPSA) is 89.8 Å². The first kappa shape index (κ1) is 17.1. The molecule has 0 bridgehead atoms. The Hall–Kier alpha value is -2.26. The molecule has 1 saturated heterocycles. The van der Waals surface area contributed by atoms with E-state index in [0.717, 1.165) is 0 Å². The van der Waals surface area contributed by atoms with Crippen LogP contribution in [0.15, 0.2) is 6.20 Å². The van der Waals surface area contributed by atoms with E-state index in [1.165, 1.54) is 4.90 Å². The molecule has 1 atom stereocenters. The molecule has 128 valence electrons. The number of piperazine rings is 1. The van der Waals surface area contributed by atoms with Crippen LogP contribution < -0.4 is 4.90 Å². The molecule has 7 nitrogen and oxygen atoms in total. The molecule has 1 aliphatic rings. The number of rotatable bonds is 2. The van der Waals surface area contributed by atoms with E-state index in [1.54, 1.807) is 4.90 Å². The van der Waals surface area contributed by atoms with Crippen molar-refractivity contribution in [3.8, 4) is 5.75 Å². The second-order valence-electron chi connectivity index (χ2n) is 5.63. The van der Waals surface area contributed by atoms with E-state index in [1.807, 2.05) is 13.8 Å². The van der Waals surface area contributed by atoms with Gasteiger partial charge in [0.1, 0.15) is 0 Å². The molecule has 2 heterocycles. The summed E-state index contributed by atoms with van der Waals surface area (Å²) in [5.74, 6) is -1.23. The van der Waals surface area contributed by atoms with Crippen LogP contribution in [-0.2, 0) is 6.18 Å². The van der Waals surface area contributed by atoms with Crippen molar-refractivity contribution in [3.05, 3.63) is 11.9 Å². The number of aromatic nitrogens is 2. The highest BCUT2D eigenvalue weighted by atomic mass is 19.4. The van der Waals surface area contributed by atoms with Gasteiger partial charge in [-0.2, -0.15) is 13.2 Å². The van der Waals surface area contributed by atoms with Gasteiger partial charge in [-0.25, -0.2) is 14.8 Å². The highest BCUT2D eigenvalue weighted by Crippen LogP contribution is 2.35. The van der Waals surface area contributed by atoms with E-state index < -0.39 is 23.7 Å². The zero-order chi connectivity index (χ0) is 17.4. The van der Waals surface area contributed by atoms with Crippen molar-refractivity contribution in [1.29, 1.82) is 0 Å². The largest absolute Gasteiger partial charge is 0.504 e. The number of aromatic hydroxyl groups is 1. The fourth-order valence-corrected chi connectivity index (χ4v) is 2.52. The highest BCUT2D eigenvalue weighted by Gasteiger charge is 2.39. The van der Waals surface area contributed by atoms with E-state index in [-0.39, 0.29) is 37.5 Å². The first-order valence-electron chi connectivity index (χ1n) is 6.99. The smallest absolute Gasteiger partial charge is 0.437 e. The number of amides is 1. The minimum atomic E-state index is -4.79. The second kappa shape index (κ2) is 6.09. The lowest BCUT2D eigenvalue weighted by Crippen LogP contribution is -2.57. The van der Waals surface area contributed by atoms with Gasteiger partial charge < -0.3 is 20.0 Å². The lowest BCUT2D eigenvalue weighted by atomic mass is 10.00. The molecular weight excluding hydrogens is 317 g/mol. The SMILES string of the molecule is CC(C)C1CN(C(=O)O)CCN1c1ncc(O)c(C(F)(F)F)n1. The molecule has 1 aliphatic heterocycles. The molecule has 1 aromatic rings. The average molecular weight is 334 g/mol. The zero-order valence-electron chi connectivity index (χ0n) is 12.6. The maximum absolute atomic E-state index is 12.9. The number of nitrogens with zero attached hydrogens (tertiary/aromatic N) is 4. The molecule has 23 heavy (non-hydrogen) atoms. The first-order valence-corrected chi connectivity index (χ1v) is 6.99. The first-order chi connectivity index (χ1) is 10.6. The molecule has 1 aromatic heterocycles. The van der Waals surface area contributed by atoms with Gasteiger partial charge in [0.05, 0.1) is 12.2 Å². The van der Waals surface area contributed by atoms with Gasteiger partial charge in [-0.1, -0.05) is 13.8 Å². The molecular formula is C13H17F3N4O3. The molecule has 0 spiro atoms. The van der Waals surface area contributed by atoms with Gasteiger partial charge in [0, 0.05) is 19.6 Å². The van der Waals surface area contributed by atoms with Crippen LogP contribution in [0.4, 0.5) is 23.9 Å². The Morgan fingerprint density at radius 3 is 2.57 bits per heavy atom. The van der Waals surface area contributed by atoms with Crippen LogP contribution >= 0.6 is 0 Å². The van der Waals surface area contributed by atoms with Gasteiger partial charge in [-0.05, 0) is 5.92 Å². The van der Waals surface area contributed by atoms with Crippen molar-refractivity contribution in [2.45, 2.75) is 26.1 Å². The summed E-state index contributed by atoms with van der Waals surface area (Å²) in [7, 11) is 0. The Bertz CT molecular complexity index is 594. The van der Waals surface area contributed by atoms with Gasteiger partial charge in [0.25, 0.3) is 0 Å². The van der Waals surface area contributed by atoms with E-state index in [2.05, 4.69) is 9.97 Å². The Labute approximate surface area is 130 Å². The third-order valence-corrected chi connectivity index (χ3v) is 3.74. The van der Waals surface area contributed by atoms with Crippen molar-refractivity contribution in [3.63, 3.8) is 0 Å². The molecule has 10 heteroatoms. The predicted molar refractivity (Wildman–Crippen MR) is 74.3 cm³/mol. The third-order valence-electron chi connectivity index (χ3n) is 3.74. The van der Waals surface area contributed by atoms with Gasteiger partial charge in [0.15, 0.2) is 11.4 Å². The summed E-state index contributed by atoms with van der Waals surface area (Å²) < 4.78 is 38.6. The zero-order valence-corrected chi connectivity index (χ0v) is 12.6. The lowest BCUT2D eigenvalue weighted by molar-refractivity contribution is -0.142. The number of carboxylic acid groups (broad SMARTS) is 1. The van der Waals surface area contributed by atoms with Crippen molar-refractivity contribution >= 4 is 12.0 Å². The number of alkyl halides is 3. The van der Waals surface area contributed by atoms with Crippen molar-refractivity contribution in [2.24, 2.45) is 5.92 Å². The summed E-state index contributed by atoms with van der Waals surface area (Å²) in [6.07, 6.45) is -5.15. The molecule has 1 fully saturated rings. The van der Waals surface area contributed by atoms with E-state index in [4.69, 9.17) is 5.11 Å². The maximum Gasteiger partial charge on any atom is 0.437 e. The molecule has 0 aromatic carbocycles. The van der Waals surface area contributed by atoms with Gasteiger partial charge in [-0.15, -0.1) is 0 Å². The molecule has 1 unspecified atom stereocenters.